The third-order valence-electron chi connectivity index (χ3n) is 3.77. The molecule has 0 aliphatic carbocycles. The Morgan fingerprint density at radius 1 is 1.13 bits per heavy atom. The van der Waals surface area contributed by atoms with E-state index in [1.807, 2.05) is 0 Å². The Bertz CT molecular complexity index is 1060. The van der Waals surface area contributed by atoms with Crippen molar-refractivity contribution in [3.8, 4) is 11.5 Å². The van der Waals surface area contributed by atoms with Crippen molar-refractivity contribution in [2.75, 3.05) is 13.2 Å². The molecule has 3 rings (SSSR count). The number of thioether (sulfide) groups is 1. The molecule has 2 aromatic carbocycles. The van der Waals surface area contributed by atoms with E-state index < -0.39 is 36.8 Å². The normalized spacial score (nSPS) is 14.6. The van der Waals surface area contributed by atoms with E-state index in [1.165, 1.54) is 30.3 Å². The van der Waals surface area contributed by atoms with Gasteiger partial charge in [-0.2, -0.15) is 5.01 Å². The second kappa shape index (κ2) is 10.0. The summed E-state index contributed by atoms with van der Waals surface area (Å²) in [6.45, 7) is -0.941. The van der Waals surface area contributed by atoms with Gasteiger partial charge in [0.2, 0.25) is 0 Å². The monoisotopic (exact) mass is 462 g/mol. The number of benzene rings is 2. The van der Waals surface area contributed by atoms with Crippen molar-refractivity contribution < 1.29 is 33.4 Å². The van der Waals surface area contributed by atoms with Gasteiger partial charge in [0.15, 0.2) is 17.5 Å². The van der Waals surface area contributed by atoms with Crippen molar-refractivity contribution in [2.24, 2.45) is 0 Å². The summed E-state index contributed by atoms with van der Waals surface area (Å²) in [5.74, 6) is -2.18. The number of hydrogen-bond acceptors (Lipinski definition) is 7. The lowest BCUT2D eigenvalue weighted by atomic mass is 10.2. The van der Waals surface area contributed by atoms with E-state index in [1.54, 1.807) is 24.3 Å². The van der Waals surface area contributed by atoms with Gasteiger partial charge in [-0.25, -0.2) is 9.18 Å². The molecular formula is C20H15FN2O6S2. The van der Waals surface area contributed by atoms with Gasteiger partial charge in [0.1, 0.15) is 17.3 Å². The highest BCUT2D eigenvalue weighted by Crippen LogP contribution is 2.33. The molecule has 2 N–H and O–H groups in total. The molecule has 0 unspecified atom stereocenters. The SMILES string of the molecule is O=C(O)COc1ccccc1/C=C1\SC(=S)N(NC(=O)COc2ccc(F)cc2)C1=O. The Hall–Kier alpha value is -3.44. The van der Waals surface area contributed by atoms with E-state index >= 15 is 0 Å². The van der Waals surface area contributed by atoms with Crippen LogP contribution in [0.5, 0.6) is 11.5 Å². The molecular weight excluding hydrogens is 447 g/mol. The van der Waals surface area contributed by atoms with Crippen LogP contribution in [0, 0.1) is 5.82 Å². The minimum absolute atomic E-state index is 0.107. The number of nitrogens with zero attached hydrogens (tertiary/aromatic N) is 1. The number of nitrogens with one attached hydrogen (secondary N) is 1. The number of carboxylic acids is 1. The fourth-order valence-corrected chi connectivity index (χ4v) is 3.58. The second-order valence-corrected chi connectivity index (χ2v) is 7.69. The van der Waals surface area contributed by atoms with Crippen LogP contribution < -0.4 is 14.9 Å². The standard InChI is InChI=1S/C20H15FN2O6S2/c21-13-5-7-14(8-6-13)28-10-17(24)22-23-19(27)16(31-20(23)30)9-12-3-1-2-4-15(12)29-11-18(25)26/h1-9H,10-11H2,(H,22,24)(H,25,26)/b16-9-. The Labute approximate surface area is 185 Å². The molecule has 1 saturated heterocycles. The number of ether oxygens (including phenoxy) is 2. The third-order valence-corrected chi connectivity index (χ3v) is 5.07. The number of carbonyl (C=O) groups excluding carboxylic acids is 2. The van der Waals surface area contributed by atoms with Crippen LogP contribution in [0.2, 0.25) is 0 Å². The first-order valence-corrected chi connectivity index (χ1v) is 9.95. The smallest absolute Gasteiger partial charge is 0.341 e. The molecule has 11 heteroatoms. The summed E-state index contributed by atoms with van der Waals surface area (Å²) in [7, 11) is 0. The predicted molar refractivity (Wildman–Crippen MR) is 115 cm³/mol. The van der Waals surface area contributed by atoms with E-state index in [4.69, 9.17) is 26.8 Å². The molecule has 1 heterocycles. The highest BCUT2D eigenvalue weighted by Gasteiger charge is 2.33. The number of halogens is 1. The number of carbonyl (C=O) groups is 3. The molecule has 2 aromatic rings. The maximum atomic E-state index is 12.9. The van der Waals surface area contributed by atoms with Gasteiger partial charge in [-0.15, -0.1) is 0 Å². The molecule has 0 saturated carbocycles. The largest absolute Gasteiger partial charge is 0.484 e. The number of rotatable bonds is 8. The van der Waals surface area contributed by atoms with Gasteiger partial charge < -0.3 is 14.6 Å². The summed E-state index contributed by atoms with van der Waals surface area (Å²) >= 11 is 6.13. The molecule has 0 radical (unpaired) electrons. The molecule has 0 spiro atoms. The van der Waals surface area contributed by atoms with E-state index in [2.05, 4.69) is 5.43 Å². The Balaban J connectivity index is 1.64. The van der Waals surface area contributed by atoms with Gasteiger partial charge >= 0.3 is 5.97 Å². The van der Waals surface area contributed by atoms with E-state index in [0.717, 1.165) is 16.8 Å². The van der Waals surface area contributed by atoms with Crippen LogP contribution in [0.3, 0.4) is 0 Å². The zero-order valence-corrected chi connectivity index (χ0v) is 17.4. The van der Waals surface area contributed by atoms with Crippen molar-refractivity contribution in [3.05, 3.63) is 64.8 Å². The molecule has 1 fully saturated rings. The Kier molecular flexibility index (Phi) is 7.21. The predicted octanol–water partition coefficient (Wildman–Crippen LogP) is 2.60. The van der Waals surface area contributed by atoms with E-state index in [0.29, 0.717) is 11.3 Å². The number of amides is 2. The van der Waals surface area contributed by atoms with Crippen LogP contribution in [0.4, 0.5) is 4.39 Å². The summed E-state index contributed by atoms with van der Waals surface area (Å²) < 4.78 is 23.5. The molecule has 1 aliphatic heterocycles. The van der Waals surface area contributed by atoms with Crippen LogP contribution in [0.1, 0.15) is 5.56 Å². The van der Waals surface area contributed by atoms with Gasteiger partial charge in [0.05, 0.1) is 4.91 Å². The maximum absolute atomic E-state index is 12.9. The van der Waals surface area contributed by atoms with Crippen LogP contribution in [-0.2, 0) is 14.4 Å². The van der Waals surface area contributed by atoms with E-state index in [-0.39, 0.29) is 15.0 Å². The van der Waals surface area contributed by atoms with Crippen LogP contribution in [0.15, 0.2) is 53.4 Å². The lowest BCUT2D eigenvalue weighted by molar-refractivity contribution is -0.139. The van der Waals surface area contributed by atoms with Crippen LogP contribution in [0.25, 0.3) is 6.08 Å². The lowest BCUT2D eigenvalue weighted by Gasteiger charge is -2.15. The molecule has 2 amide bonds. The highest BCUT2D eigenvalue weighted by atomic mass is 32.2. The lowest BCUT2D eigenvalue weighted by Crippen LogP contribution is -2.46. The Morgan fingerprint density at radius 3 is 2.55 bits per heavy atom. The van der Waals surface area contributed by atoms with E-state index in [9.17, 15) is 18.8 Å². The first-order chi connectivity index (χ1) is 14.8. The second-order valence-electron chi connectivity index (χ2n) is 6.01. The van der Waals surface area contributed by atoms with Gasteiger partial charge in [0, 0.05) is 5.56 Å². The zero-order chi connectivity index (χ0) is 22.4. The third kappa shape index (κ3) is 6.03. The average molecular weight is 462 g/mol. The van der Waals surface area contributed by atoms with Crippen molar-refractivity contribution in [1.29, 1.82) is 0 Å². The topological polar surface area (TPSA) is 105 Å². The summed E-state index contributed by atoms with van der Waals surface area (Å²) in [6, 6.07) is 11.7. The highest BCUT2D eigenvalue weighted by molar-refractivity contribution is 8.26. The zero-order valence-electron chi connectivity index (χ0n) is 15.7. The van der Waals surface area contributed by atoms with Gasteiger partial charge in [-0.05, 0) is 48.6 Å². The first kappa shape index (κ1) is 22.2. The van der Waals surface area contributed by atoms with Crippen molar-refractivity contribution >= 4 is 52.2 Å². The average Bonchev–Trinajstić information content (AvgIpc) is 3.00. The van der Waals surface area contributed by atoms with Gasteiger partial charge in [-0.1, -0.05) is 30.0 Å². The number of carboxylic acid groups (broad SMARTS) is 1. The minimum Gasteiger partial charge on any atom is -0.484 e. The Morgan fingerprint density at radius 2 is 1.84 bits per heavy atom. The summed E-state index contributed by atoms with van der Waals surface area (Å²) in [5, 5.41) is 9.70. The quantitative estimate of drug-likeness (QED) is 0.456. The molecule has 31 heavy (non-hydrogen) atoms. The van der Waals surface area contributed by atoms with Crippen LogP contribution in [-0.4, -0.2) is 45.4 Å². The van der Waals surface area contributed by atoms with Crippen molar-refractivity contribution in [3.63, 3.8) is 0 Å². The number of hydrazine groups is 1. The number of para-hydroxylation sites is 1. The number of hydrogen-bond donors (Lipinski definition) is 2. The summed E-state index contributed by atoms with van der Waals surface area (Å²) in [5.41, 5.74) is 2.85. The number of thiocarbonyl (C=S) groups is 1. The fraction of sp³-hybridized carbons (Fsp3) is 0.100. The fourth-order valence-electron chi connectivity index (χ4n) is 2.41. The van der Waals surface area contributed by atoms with Crippen LogP contribution >= 0.6 is 24.0 Å². The molecule has 8 nitrogen and oxygen atoms in total. The van der Waals surface area contributed by atoms with Crippen molar-refractivity contribution in [2.45, 2.75) is 0 Å². The van der Waals surface area contributed by atoms with Gasteiger partial charge in [0.25, 0.3) is 11.8 Å². The first-order valence-electron chi connectivity index (χ1n) is 8.73. The molecule has 1 aliphatic rings. The number of aliphatic carboxylic acids is 1. The molecule has 0 aromatic heterocycles. The molecule has 160 valence electrons. The maximum Gasteiger partial charge on any atom is 0.341 e. The van der Waals surface area contributed by atoms with Gasteiger partial charge in [-0.3, -0.25) is 15.0 Å². The van der Waals surface area contributed by atoms with Crippen molar-refractivity contribution in [1.82, 2.24) is 10.4 Å². The minimum atomic E-state index is -1.13. The molecule has 0 bridgehead atoms. The summed E-state index contributed by atoms with van der Waals surface area (Å²) in [4.78, 5) is 35.7. The molecule has 0 atom stereocenters. The summed E-state index contributed by atoms with van der Waals surface area (Å²) in [6.07, 6.45) is 1.50.